The summed E-state index contributed by atoms with van der Waals surface area (Å²) in [6.07, 6.45) is 2.60. The molecule has 0 saturated heterocycles. The summed E-state index contributed by atoms with van der Waals surface area (Å²) in [6, 6.07) is 12.8. The van der Waals surface area contributed by atoms with Crippen molar-refractivity contribution < 1.29 is 9.53 Å². The van der Waals surface area contributed by atoms with Gasteiger partial charge in [0.05, 0.1) is 6.61 Å². The number of amides is 1. The van der Waals surface area contributed by atoms with Crippen LogP contribution in [0.5, 0.6) is 5.75 Å². The molecule has 0 aliphatic rings. The minimum Gasteiger partial charge on any atom is -0.494 e. The molecule has 1 aromatic carbocycles. The predicted octanol–water partition coefficient (Wildman–Crippen LogP) is 3.53. The number of anilines is 1. The Morgan fingerprint density at radius 3 is 2.80 bits per heavy atom. The van der Waals surface area contributed by atoms with Crippen LogP contribution in [-0.2, 0) is 4.79 Å². The van der Waals surface area contributed by atoms with E-state index in [1.165, 1.54) is 0 Å². The molecule has 2 aromatic rings. The van der Waals surface area contributed by atoms with Crippen LogP contribution in [0, 0.1) is 0 Å². The van der Waals surface area contributed by atoms with Gasteiger partial charge in [0.1, 0.15) is 10.9 Å². The Kier molecular flexibility index (Phi) is 5.38. The van der Waals surface area contributed by atoms with Gasteiger partial charge in [-0.3, -0.25) is 4.79 Å². The highest BCUT2D eigenvalue weighted by molar-refractivity contribution is 6.29. The fraction of sp³-hybridized carbons (Fsp3) is 0.200. The minimum absolute atomic E-state index is 0.0658. The minimum atomic E-state index is -0.0658. The van der Waals surface area contributed by atoms with Crippen molar-refractivity contribution in [3.8, 4) is 5.75 Å². The maximum Gasteiger partial charge on any atom is 0.224 e. The Labute approximate surface area is 122 Å². The van der Waals surface area contributed by atoms with Crippen molar-refractivity contribution in [2.75, 3.05) is 11.9 Å². The van der Waals surface area contributed by atoms with E-state index in [4.69, 9.17) is 16.3 Å². The van der Waals surface area contributed by atoms with Gasteiger partial charge < -0.3 is 10.1 Å². The zero-order valence-electron chi connectivity index (χ0n) is 10.9. The van der Waals surface area contributed by atoms with Gasteiger partial charge in [-0.2, -0.15) is 0 Å². The second-order valence-corrected chi connectivity index (χ2v) is 4.57. The van der Waals surface area contributed by atoms with E-state index in [9.17, 15) is 4.79 Å². The lowest BCUT2D eigenvalue weighted by molar-refractivity contribution is -0.116. The van der Waals surface area contributed by atoms with E-state index in [0.717, 1.165) is 5.75 Å². The maximum atomic E-state index is 11.7. The maximum absolute atomic E-state index is 11.7. The zero-order valence-corrected chi connectivity index (χ0v) is 11.6. The number of hydrogen-bond donors (Lipinski definition) is 1. The molecule has 0 bridgehead atoms. The highest BCUT2D eigenvalue weighted by Crippen LogP contribution is 2.13. The van der Waals surface area contributed by atoms with E-state index in [2.05, 4.69) is 10.3 Å². The lowest BCUT2D eigenvalue weighted by Gasteiger charge is -2.07. The van der Waals surface area contributed by atoms with Gasteiger partial charge in [-0.25, -0.2) is 4.98 Å². The first-order valence-electron chi connectivity index (χ1n) is 6.33. The number of rotatable bonds is 6. The standard InChI is InChI=1S/C15H15ClN2O2/c16-14-11-12(8-9-17-14)18-15(19)7-4-10-20-13-5-2-1-3-6-13/h1-3,5-6,8-9,11H,4,7,10H2,(H,17,18,19). The zero-order chi connectivity index (χ0) is 14.2. The molecule has 2 rings (SSSR count). The van der Waals surface area contributed by atoms with Gasteiger partial charge in [0.2, 0.25) is 5.91 Å². The number of ether oxygens (including phenoxy) is 1. The highest BCUT2D eigenvalue weighted by atomic mass is 35.5. The molecule has 0 unspecified atom stereocenters. The topological polar surface area (TPSA) is 51.2 Å². The van der Waals surface area contributed by atoms with Crippen molar-refractivity contribution in [3.63, 3.8) is 0 Å². The number of nitrogens with zero attached hydrogens (tertiary/aromatic N) is 1. The number of para-hydroxylation sites is 1. The van der Waals surface area contributed by atoms with E-state index in [-0.39, 0.29) is 5.91 Å². The van der Waals surface area contributed by atoms with Crippen LogP contribution >= 0.6 is 11.6 Å². The Hall–Kier alpha value is -2.07. The summed E-state index contributed by atoms with van der Waals surface area (Å²) in [7, 11) is 0. The first-order valence-corrected chi connectivity index (χ1v) is 6.71. The van der Waals surface area contributed by atoms with E-state index in [1.54, 1.807) is 18.3 Å². The molecule has 5 heteroatoms. The quantitative estimate of drug-likeness (QED) is 0.654. The average molecular weight is 291 g/mol. The molecule has 0 radical (unpaired) electrons. The van der Waals surface area contributed by atoms with Gasteiger partial charge in [-0.15, -0.1) is 0 Å². The third-order valence-corrected chi connectivity index (χ3v) is 2.78. The monoisotopic (exact) mass is 290 g/mol. The summed E-state index contributed by atoms with van der Waals surface area (Å²) in [5.41, 5.74) is 0.652. The van der Waals surface area contributed by atoms with E-state index in [0.29, 0.717) is 30.3 Å². The summed E-state index contributed by atoms with van der Waals surface area (Å²) >= 11 is 5.74. The molecular formula is C15H15ClN2O2. The molecule has 104 valence electrons. The Morgan fingerprint density at radius 1 is 1.25 bits per heavy atom. The van der Waals surface area contributed by atoms with Gasteiger partial charge in [-0.05, 0) is 30.7 Å². The second kappa shape index (κ2) is 7.50. The Balaban J connectivity index is 1.68. The number of benzene rings is 1. The summed E-state index contributed by atoms with van der Waals surface area (Å²) in [4.78, 5) is 15.6. The third-order valence-electron chi connectivity index (χ3n) is 2.57. The van der Waals surface area contributed by atoms with Crippen molar-refractivity contribution in [2.24, 2.45) is 0 Å². The summed E-state index contributed by atoms with van der Waals surface area (Å²) in [5, 5.41) is 3.12. The van der Waals surface area contributed by atoms with Crippen LogP contribution in [0.2, 0.25) is 5.15 Å². The fourth-order valence-electron chi connectivity index (χ4n) is 1.64. The smallest absolute Gasteiger partial charge is 0.224 e. The summed E-state index contributed by atoms with van der Waals surface area (Å²) < 4.78 is 5.51. The van der Waals surface area contributed by atoms with Gasteiger partial charge in [0.25, 0.3) is 0 Å². The third kappa shape index (κ3) is 4.90. The molecule has 0 aliphatic carbocycles. The second-order valence-electron chi connectivity index (χ2n) is 4.18. The highest BCUT2D eigenvalue weighted by Gasteiger charge is 2.03. The molecule has 4 nitrogen and oxygen atoms in total. The SMILES string of the molecule is O=C(CCCOc1ccccc1)Nc1ccnc(Cl)c1. The average Bonchev–Trinajstić information content (AvgIpc) is 2.45. The molecule has 0 atom stereocenters. The summed E-state index contributed by atoms with van der Waals surface area (Å²) in [6.45, 7) is 0.508. The van der Waals surface area contributed by atoms with Crippen molar-refractivity contribution in [1.29, 1.82) is 0 Å². The van der Waals surface area contributed by atoms with Crippen molar-refractivity contribution in [3.05, 3.63) is 53.8 Å². The van der Waals surface area contributed by atoms with E-state index < -0.39 is 0 Å². The lowest BCUT2D eigenvalue weighted by atomic mass is 10.3. The normalized spacial score (nSPS) is 10.1. The van der Waals surface area contributed by atoms with Gasteiger partial charge >= 0.3 is 0 Å². The fourth-order valence-corrected chi connectivity index (χ4v) is 1.82. The van der Waals surface area contributed by atoms with Gasteiger partial charge in [-0.1, -0.05) is 29.8 Å². The number of hydrogen-bond acceptors (Lipinski definition) is 3. The number of carbonyl (C=O) groups excluding carboxylic acids is 1. The molecule has 0 saturated carbocycles. The molecule has 1 aromatic heterocycles. The Morgan fingerprint density at radius 2 is 2.05 bits per heavy atom. The van der Waals surface area contributed by atoms with Gasteiger partial charge in [0, 0.05) is 18.3 Å². The van der Waals surface area contributed by atoms with Crippen LogP contribution in [-0.4, -0.2) is 17.5 Å². The molecule has 1 amide bonds. The van der Waals surface area contributed by atoms with Crippen LogP contribution in [0.4, 0.5) is 5.69 Å². The predicted molar refractivity (Wildman–Crippen MR) is 79.0 cm³/mol. The van der Waals surface area contributed by atoms with Crippen LogP contribution < -0.4 is 10.1 Å². The number of carbonyl (C=O) groups is 1. The Bertz CT molecular complexity index is 561. The number of pyridine rings is 1. The van der Waals surface area contributed by atoms with Crippen LogP contribution in [0.15, 0.2) is 48.7 Å². The van der Waals surface area contributed by atoms with Crippen LogP contribution in [0.25, 0.3) is 0 Å². The van der Waals surface area contributed by atoms with E-state index >= 15 is 0 Å². The molecule has 1 N–H and O–H groups in total. The first kappa shape index (κ1) is 14.3. The summed E-state index contributed by atoms with van der Waals surface area (Å²) in [5.74, 6) is 0.748. The molecule has 20 heavy (non-hydrogen) atoms. The molecule has 0 spiro atoms. The van der Waals surface area contributed by atoms with Crippen LogP contribution in [0.3, 0.4) is 0 Å². The van der Waals surface area contributed by atoms with Gasteiger partial charge in [0.15, 0.2) is 0 Å². The van der Waals surface area contributed by atoms with Crippen molar-refractivity contribution >= 4 is 23.2 Å². The van der Waals surface area contributed by atoms with Crippen LogP contribution in [0.1, 0.15) is 12.8 Å². The molecule has 0 aliphatic heterocycles. The van der Waals surface area contributed by atoms with Crippen molar-refractivity contribution in [2.45, 2.75) is 12.8 Å². The molecule has 0 fully saturated rings. The molecular weight excluding hydrogens is 276 g/mol. The molecule has 1 heterocycles. The van der Waals surface area contributed by atoms with Crippen molar-refractivity contribution in [1.82, 2.24) is 4.98 Å². The first-order chi connectivity index (χ1) is 9.74. The number of aromatic nitrogens is 1. The van der Waals surface area contributed by atoms with E-state index in [1.807, 2.05) is 30.3 Å². The lowest BCUT2D eigenvalue weighted by Crippen LogP contribution is -2.12. The largest absolute Gasteiger partial charge is 0.494 e. The number of nitrogens with one attached hydrogen (secondary N) is 1. The number of halogens is 1.